The van der Waals surface area contributed by atoms with E-state index in [-0.39, 0.29) is 6.61 Å². The molecule has 2 heterocycles. The molecule has 33 heavy (non-hydrogen) atoms. The highest BCUT2D eigenvalue weighted by Crippen LogP contribution is 2.33. The topological polar surface area (TPSA) is 75.5 Å². The average molecular weight is 462 g/mol. The fourth-order valence-corrected chi connectivity index (χ4v) is 3.85. The number of benzene rings is 2. The SMILES string of the molecule is COc1ccc(-c2nn(-c3ccccc3)cc2C=CC(=O)OCc2csc(C)n2)cc1OC. The molecule has 0 aliphatic heterocycles. The van der Waals surface area contributed by atoms with E-state index in [1.54, 1.807) is 25.0 Å². The number of esters is 1. The second-order valence-electron chi connectivity index (χ2n) is 7.08. The van der Waals surface area contributed by atoms with Gasteiger partial charge in [-0.05, 0) is 43.3 Å². The van der Waals surface area contributed by atoms with Crippen LogP contribution >= 0.6 is 11.3 Å². The first kappa shape index (κ1) is 22.3. The van der Waals surface area contributed by atoms with Crippen molar-refractivity contribution in [3.05, 3.63) is 82.4 Å². The largest absolute Gasteiger partial charge is 0.493 e. The van der Waals surface area contributed by atoms with Crippen molar-refractivity contribution in [1.82, 2.24) is 14.8 Å². The standard InChI is InChI=1S/C25H23N3O4S/c1-17-26-20(16-33-17)15-32-24(29)12-10-19-14-28(21-7-5-4-6-8-21)27-25(19)18-9-11-22(30-2)23(13-18)31-3/h4-14,16H,15H2,1-3H3. The monoisotopic (exact) mass is 461 g/mol. The number of aryl methyl sites for hydroxylation is 1. The summed E-state index contributed by atoms with van der Waals surface area (Å²) in [5.74, 6) is 0.769. The number of hydrogen-bond donors (Lipinski definition) is 0. The normalized spacial score (nSPS) is 11.0. The Hall–Kier alpha value is -3.91. The van der Waals surface area contributed by atoms with Crippen molar-refractivity contribution in [2.75, 3.05) is 14.2 Å². The predicted molar refractivity (Wildman–Crippen MR) is 128 cm³/mol. The molecule has 7 nitrogen and oxygen atoms in total. The van der Waals surface area contributed by atoms with Crippen LogP contribution in [0.2, 0.25) is 0 Å². The van der Waals surface area contributed by atoms with Gasteiger partial charge in [0.25, 0.3) is 0 Å². The molecule has 0 unspecified atom stereocenters. The lowest BCUT2D eigenvalue weighted by molar-refractivity contribution is -0.139. The summed E-state index contributed by atoms with van der Waals surface area (Å²) in [5, 5.41) is 7.58. The Labute approximate surface area is 195 Å². The Balaban J connectivity index is 1.63. The van der Waals surface area contributed by atoms with Gasteiger partial charge in [-0.25, -0.2) is 14.5 Å². The summed E-state index contributed by atoms with van der Waals surface area (Å²) in [6.45, 7) is 2.05. The second kappa shape index (κ2) is 10.1. The number of aromatic nitrogens is 3. The first-order chi connectivity index (χ1) is 16.1. The van der Waals surface area contributed by atoms with Gasteiger partial charge in [0.15, 0.2) is 11.5 Å². The van der Waals surface area contributed by atoms with E-state index in [9.17, 15) is 4.79 Å². The zero-order chi connectivity index (χ0) is 23.2. The number of hydrogen-bond acceptors (Lipinski definition) is 7. The lowest BCUT2D eigenvalue weighted by Crippen LogP contribution is -2.01. The molecule has 0 fully saturated rings. The van der Waals surface area contributed by atoms with Gasteiger partial charge in [-0.15, -0.1) is 11.3 Å². The van der Waals surface area contributed by atoms with Crippen LogP contribution in [0.3, 0.4) is 0 Å². The number of carbonyl (C=O) groups excluding carboxylic acids is 1. The first-order valence-corrected chi connectivity index (χ1v) is 11.1. The molecule has 4 aromatic rings. The minimum Gasteiger partial charge on any atom is -0.493 e. The maximum atomic E-state index is 12.3. The number of methoxy groups -OCH3 is 2. The van der Waals surface area contributed by atoms with Crippen molar-refractivity contribution in [3.63, 3.8) is 0 Å². The van der Waals surface area contributed by atoms with Gasteiger partial charge in [-0.3, -0.25) is 0 Å². The predicted octanol–water partition coefficient (Wildman–Crippen LogP) is 5.08. The van der Waals surface area contributed by atoms with Gasteiger partial charge in [0.2, 0.25) is 0 Å². The van der Waals surface area contributed by atoms with Gasteiger partial charge in [0.05, 0.1) is 30.6 Å². The smallest absolute Gasteiger partial charge is 0.331 e. The summed E-state index contributed by atoms with van der Waals surface area (Å²) in [4.78, 5) is 16.6. The molecule has 168 valence electrons. The lowest BCUT2D eigenvalue weighted by Gasteiger charge is -2.09. The zero-order valence-electron chi connectivity index (χ0n) is 18.5. The van der Waals surface area contributed by atoms with E-state index in [4.69, 9.17) is 19.3 Å². The van der Waals surface area contributed by atoms with Gasteiger partial charge in [0, 0.05) is 28.8 Å². The summed E-state index contributed by atoms with van der Waals surface area (Å²) in [5.41, 5.74) is 3.92. The Morgan fingerprint density at radius 3 is 2.58 bits per heavy atom. The molecule has 2 aromatic carbocycles. The van der Waals surface area contributed by atoms with Crippen molar-refractivity contribution in [2.24, 2.45) is 0 Å². The van der Waals surface area contributed by atoms with Gasteiger partial charge in [0.1, 0.15) is 12.3 Å². The summed E-state index contributed by atoms with van der Waals surface area (Å²) < 4.78 is 17.9. The van der Waals surface area contributed by atoms with Crippen LogP contribution in [0.1, 0.15) is 16.3 Å². The fraction of sp³-hybridized carbons (Fsp3) is 0.160. The maximum absolute atomic E-state index is 12.3. The highest BCUT2D eigenvalue weighted by molar-refractivity contribution is 7.09. The van der Waals surface area contributed by atoms with E-state index in [1.807, 2.05) is 67.0 Å². The highest BCUT2D eigenvalue weighted by Gasteiger charge is 2.14. The van der Waals surface area contributed by atoms with Crippen LogP contribution in [0.5, 0.6) is 11.5 Å². The van der Waals surface area contributed by atoms with Gasteiger partial charge >= 0.3 is 5.97 Å². The Morgan fingerprint density at radius 2 is 1.88 bits per heavy atom. The molecule has 0 radical (unpaired) electrons. The Kier molecular flexibility index (Phi) is 6.85. The third-order valence-corrected chi connectivity index (χ3v) is 5.67. The van der Waals surface area contributed by atoms with E-state index in [1.165, 1.54) is 17.4 Å². The molecule has 4 rings (SSSR count). The number of carbonyl (C=O) groups is 1. The third-order valence-electron chi connectivity index (χ3n) is 4.85. The van der Waals surface area contributed by atoms with Crippen LogP contribution in [0.25, 0.3) is 23.0 Å². The average Bonchev–Trinajstić information content (AvgIpc) is 3.47. The summed E-state index contributed by atoms with van der Waals surface area (Å²) >= 11 is 1.52. The van der Waals surface area contributed by atoms with Crippen LogP contribution in [0.4, 0.5) is 0 Å². The molecule has 0 saturated carbocycles. The zero-order valence-corrected chi connectivity index (χ0v) is 19.3. The number of para-hydroxylation sites is 1. The maximum Gasteiger partial charge on any atom is 0.331 e. The van der Waals surface area contributed by atoms with Crippen LogP contribution in [-0.2, 0) is 16.1 Å². The molecule has 0 aliphatic rings. The van der Waals surface area contributed by atoms with Crippen LogP contribution in [0, 0.1) is 6.92 Å². The van der Waals surface area contributed by atoms with Gasteiger partial charge < -0.3 is 14.2 Å². The minimum absolute atomic E-state index is 0.138. The van der Waals surface area contributed by atoms with E-state index in [0.29, 0.717) is 17.2 Å². The van der Waals surface area contributed by atoms with E-state index in [0.717, 1.165) is 27.5 Å². The fourth-order valence-electron chi connectivity index (χ4n) is 3.26. The van der Waals surface area contributed by atoms with Crippen molar-refractivity contribution in [1.29, 1.82) is 0 Å². The Bertz CT molecular complexity index is 1280. The van der Waals surface area contributed by atoms with Crippen molar-refractivity contribution < 1.29 is 19.0 Å². The quantitative estimate of drug-likeness (QED) is 0.269. The molecule has 0 atom stereocenters. The van der Waals surface area contributed by atoms with Crippen LogP contribution < -0.4 is 9.47 Å². The first-order valence-electron chi connectivity index (χ1n) is 10.2. The molecular formula is C25H23N3O4S. The number of thiazole rings is 1. The molecule has 2 aromatic heterocycles. The van der Waals surface area contributed by atoms with E-state index in [2.05, 4.69) is 4.98 Å². The summed E-state index contributed by atoms with van der Waals surface area (Å²) in [7, 11) is 3.18. The minimum atomic E-state index is -0.452. The van der Waals surface area contributed by atoms with Crippen LogP contribution in [-0.4, -0.2) is 35.0 Å². The third kappa shape index (κ3) is 5.30. The molecular weight excluding hydrogens is 438 g/mol. The molecule has 0 spiro atoms. The summed E-state index contributed by atoms with van der Waals surface area (Å²) in [6, 6.07) is 15.3. The number of ether oxygens (including phenoxy) is 3. The highest BCUT2D eigenvalue weighted by atomic mass is 32.1. The molecule has 0 amide bonds. The van der Waals surface area contributed by atoms with E-state index < -0.39 is 5.97 Å². The Morgan fingerprint density at radius 1 is 1.09 bits per heavy atom. The van der Waals surface area contributed by atoms with Crippen molar-refractivity contribution in [2.45, 2.75) is 13.5 Å². The van der Waals surface area contributed by atoms with E-state index >= 15 is 0 Å². The van der Waals surface area contributed by atoms with Crippen LogP contribution in [0.15, 0.2) is 66.2 Å². The summed E-state index contributed by atoms with van der Waals surface area (Å²) in [6.07, 6.45) is 4.97. The lowest BCUT2D eigenvalue weighted by atomic mass is 10.1. The molecule has 8 heteroatoms. The molecule has 0 bridgehead atoms. The number of nitrogens with zero attached hydrogens (tertiary/aromatic N) is 3. The second-order valence-corrected chi connectivity index (χ2v) is 8.14. The molecule has 0 saturated heterocycles. The number of rotatable bonds is 8. The van der Waals surface area contributed by atoms with Gasteiger partial charge in [-0.1, -0.05) is 18.2 Å². The van der Waals surface area contributed by atoms with Gasteiger partial charge in [-0.2, -0.15) is 5.10 Å². The molecule has 0 aliphatic carbocycles. The van der Waals surface area contributed by atoms with Crippen molar-refractivity contribution >= 4 is 23.4 Å². The van der Waals surface area contributed by atoms with Crippen molar-refractivity contribution in [3.8, 4) is 28.4 Å². The molecule has 0 N–H and O–H groups in total.